The highest BCUT2D eigenvalue weighted by atomic mass is 19.1. The molecule has 1 saturated heterocycles. The average Bonchev–Trinajstić information content (AvgIpc) is 3.26. The first kappa shape index (κ1) is 22.1. The van der Waals surface area contributed by atoms with Gasteiger partial charge in [0.15, 0.2) is 0 Å². The van der Waals surface area contributed by atoms with Crippen molar-refractivity contribution >= 4 is 17.8 Å². The van der Waals surface area contributed by atoms with Crippen molar-refractivity contribution in [1.82, 2.24) is 20.0 Å². The Balaban J connectivity index is 1.75. The van der Waals surface area contributed by atoms with Crippen molar-refractivity contribution in [3.63, 3.8) is 0 Å². The van der Waals surface area contributed by atoms with E-state index in [-0.39, 0.29) is 36.8 Å². The maximum atomic E-state index is 14.1. The van der Waals surface area contributed by atoms with Crippen molar-refractivity contribution in [1.29, 1.82) is 5.26 Å². The van der Waals surface area contributed by atoms with Gasteiger partial charge in [-0.2, -0.15) is 10.4 Å². The Morgan fingerprint density at radius 3 is 2.81 bits per heavy atom. The minimum Gasteiger partial charge on any atom is -0.444 e. The van der Waals surface area contributed by atoms with Crippen molar-refractivity contribution in [3.8, 4) is 11.8 Å². The van der Waals surface area contributed by atoms with E-state index < -0.39 is 23.9 Å². The number of hydrogen-bond donors (Lipinski definition) is 2. The summed E-state index contributed by atoms with van der Waals surface area (Å²) in [7, 11) is 0. The lowest BCUT2D eigenvalue weighted by Crippen LogP contribution is -2.44. The maximum absolute atomic E-state index is 14.1. The molecule has 3 N–H and O–H groups in total. The van der Waals surface area contributed by atoms with Gasteiger partial charge in [0.2, 0.25) is 0 Å². The summed E-state index contributed by atoms with van der Waals surface area (Å²) in [6.07, 6.45) is -0.334. The number of alkyl halides is 1. The van der Waals surface area contributed by atoms with E-state index in [2.05, 4.69) is 10.4 Å². The Morgan fingerprint density at radius 2 is 2.16 bits per heavy atom. The number of rotatable bonds is 4. The molecule has 0 spiro atoms. The SMILES string of the molecule is CC(C)(C)OC(=O)NC[C@@H]1C[C@H](F)CN1C(=O)c1cccc(-n2ncc(C#N)c2N)c1. The number of nitrogen functional groups attached to an aromatic ring is 1. The Bertz CT molecular complexity index is 1020. The summed E-state index contributed by atoms with van der Waals surface area (Å²) in [6, 6.07) is 7.99. The quantitative estimate of drug-likeness (QED) is 0.770. The van der Waals surface area contributed by atoms with Crippen LogP contribution in [0.15, 0.2) is 30.5 Å². The van der Waals surface area contributed by atoms with E-state index in [0.717, 1.165) is 0 Å². The molecule has 9 nitrogen and oxygen atoms in total. The second kappa shape index (κ2) is 8.63. The molecular weight excluding hydrogens is 403 g/mol. The standard InChI is InChI=1S/C21H25FN6O3/c1-21(2,3)31-20(30)25-11-17-8-15(22)12-27(17)19(29)13-5-4-6-16(7-13)28-18(24)14(9-23)10-26-28/h4-7,10,15,17H,8,11-12,24H2,1-3H3,(H,25,30)/t15-,17-/m0/s1. The number of ether oxygens (including phenoxy) is 1. The predicted octanol–water partition coefficient (Wildman–Crippen LogP) is 2.40. The molecule has 2 aromatic rings. The molecule has 1 aliphatic rings. The number of halogens is 1. The first-order valence-electron chi connectivity index (χ1n) is 9.85. The molecule has 31 heavy (non-hydrogen) atoms. The van der Waals surface area contributed by atoms with E-state index >= 15 is 0 Å². The zero-order valence-electron chi connectivity index (χ0n) is 17.6. The summed E-state index contributed by atoms with van der Waals surface area (Å²) in [6.45, 7) is 5.25. The lowest BCUT2D eigenvalue weighted by Gasteiger charge is -2.26. The molecule has 1 aliphatic heterocycles. The number of carbonyl (C=O) groups is 2. The minimum absolute atomic E-state index is 0.0633. The van der Waals surface area contributed by atoms with Crippen LogP contribution in [0.5, 0.6) is 0 Å². The molecule has 0 bridgehead atoms. The molecule has 1 fully saturated rings. The average molecular weight is 428 g/mol. The van der Waals surface area contributed by atoms with Crippen LogP contribution in [-0.2, 0) is 4.74 Å². The van der Waals surface area contributed by atoms with Crippen LogP contribution in [0.3, 0.4) is 0 Å². The molecule has 2 heterocycles. The fourth-order valence-electron chi connectivity index (χ4n) is 3.40. The fourth-order valence-corrected chi connectivity index (χ4v) is 3.40. The number of amides is 2. The van der Waals surface area contributed by atoms with Gasteiger partial charge in [0.25, 0.3) is 5.91 Å². The van der Waals surface area contributed by atoms with Gasteiger partial charge in [0.05, 0.1) is 24.5 Å². The number of carbonyl (C=O) groups excluding carboxylic acids is 2. The summed E-state index contributed by atoms with van der Waals surface area (Å²) in [4.78, 5) is 26.4. The summed E-state index contributed by atoms with van der Waals surface area (Å²) in [5.41, 5.74) is 6.32. The van der Waals surface area contributed by atoms with E-state index in [9.17, 15) is 14.0 Å². The zero-order valence-corrected chi connectivity index (χ0v) is 17.6. The van der Waals surface area contributed by atoms with E-state index in [1.807, 2.05) is 6.07 Å². The van der Waals surface area contributed by atoms with Crippen LogP contribution in [-0.4, -0.2) is 57.6 Å². The smallest absolute Gasteiger partial charge is 0.407 e. The third kappa shape index (κ3) is 5.12. The van der Waals surface area contributed by atoms with Crippen molar-refractivity contribution in [2.75, 3.05) is 18.8 Å². The number of hydrogen-bond acceptors (Lipinski definition) is 6. The first-order chi connectivity index (χ1) is 14.6. The van der Waals surface area contributed by atoms with E-state index in [0.29, 0.717) is 11.3 Å². The molecule has 3 rings (SSSR count). The largest absolute Gasteiger partial charge is 0.444 e. The monoisotopic (exact) mass is 428 g/mol. The van der Waals surface area contributed by atoms with Gasteiger partial charge in [0, 0.05) is 18.5 Å². The number of likely N-dealkylation sites (tertiary alicyclic amines) is 1. The van der Waals surface area contributed by atoms with Gasteiger partial charge in [-0.15, -0.1) is 0 Å². The molecule has 164 valence electrons. The van der Waals surface area contributed by atoms with E-state index in [1.165, 1.54) is 15.8 Å². The predicted molar refractivity (Wildman–Crippen MR) is 111 cm³/mol. The van der Waals surface area contributed by atoms with Crippen LogP contribution >= 0.6 is 0 Å². The van der Waals surface area contributed by atoms with E-state index in [4.69, 9.17) is 15.7 Å². The Kier molecular flexibility index (Phi) is 6.15. The number of aromatic nitrogens is 2. The van der Waals surface area contributed by atoms with Gasteiger partial charge in [-0.05, 0) is 39.0 Å². The van der Waals surface area contributed by atoms with E-state index in [1.54, 1.807) is 45.0 Å². The summed E-state index contributed by atoms with van der Waals surface area (Å²) >= 11 is 0. The number of nitrogens with two attached hydrogens (primary N) is 1. The lowest BCUT2D eigenvalue weighted by atomic mass is 10.1. The van der Waals surface area contributed by atoms with Gasteiger partial charge < -0.3 is 20.7 Å². The Hall–Kier alpha value is -3.61. The number of nitriles is 1. The van der Waals surface area contributed by atoms with Gasteiger partial charge in [-0.1, -0.05) is 6.07 Å². The highest BCUT2D eigenvalue weighted by Crippen LogP contribution is 2.24. The highest BCUT2D eigenvalue weighted by Gasteiger charge is 2.36. The normalized spacial score (nSPS) is 18.5. The molecular formula is C21H25FN6O3. The molecule has 10 heteroatoms. The Morgan fingerprint density at radius 1 is 1.42 bits per heavy atom. The zero-order chi connectivity index (χ0) is 22.8. The van der Waals surface area contributed by atoms with Gasteiger partial charge in [-0.3, -0.25) is 4.79 Å². The van der Waals surface area contributed by atoms with Crippen LogP contribution < -0.4 is 11.1 Å². The van der Waals surface area contributed by atoms with Crippen molar-refractivity contribution < 1.29 is 18.7 Å². The number of nitrogens with one attached hydrogen (secondary N) is 1. The molecule has 0 radical (unpaired) electrons. The van der Waals surface area contributed by atoms with Crippen molar-refractivity contribution in [3.05, 3.63) is 41.6 Å². The fraction of sp³-hybridized carbons (Fsp3) is 0.429. The van der Waals surface area contributed by atoms with Crippen molar-refractivity contribution in [2.24, 2.45) is 0 Å². The van der Waals surface area contributed by atoms with Crippen LogP contribution in [0.4, 0.5) is 15.0 Å². The first-order valence-corrected chi connectivity index (χ1v) is 9.85. The molecule has 0 aliphatic carbocycles. The summed E-state index contributed by atoms with van der Waals surface area (Å²) in [5, 5.41) is 15.7. The molecule has 1 aromatic heterocycles. The van der Waals surface area contributed by atoms with Gasteiger partial charge in [-0.25, -0.2) is 13.9 Å². The Labute approximate surface area is 179 Å². The van der Waals surface area contributed by atoms with Gasteiger partial charge in [0.1, 0.15) is 29.2 Å². The number of anilines is 1. The molecule has 1 aromatic carbocycles. The van der Waals surface area contributed by atoms with Crippen LogP contribution in [0, 0.1) is 11.3 Å². The second-order valence-electron chi connectivity index (χ2n) is 8.34. The summed E-state index contributed by atoms with van der Waals surface area (Å²) in [5.74, 6) is -0.208. The van der Waals surface area contributed by atoms with Crippen LogP contribution in [0.2, 0.25) is 0 Å². The lowest BCUT2D eigenvalue weighted by molar-refractivity contribution is 0.0501. The summed E-state index contributed by atoms with van der Waals surface area (Å²) < 4.78 is 20.7. The highest BCUT2D eigenvalue weighted by molar-refractivity contribution is 5.95. The number of alkyl carbamates (subject to hydrolysis) is 1. The maximum Gasteiger partial charge on any atom is 0.407 e. The van der Waals surface area contributed by atoms with Crippen LogP contribution in [0.25, 0.3) is 5.69 Å². The van der Waals surface area contributed by atoms with Gasteiger partial charge >= 0.3 is 6.09 Å². The molecule has 2 amide bonds. The van der Waals surface area contributed by atoms with Crippen molar-refractivity contribution in [2.45, 2.75) is 45.0 Å². The minimum atomic E-state index is -1.18. The number of nitrogens with zero attached hydrogens (tertiary/aromatic N) is 4. The second-order valence-corrected chi connectivity index (χ2v) is 8.34. The van der Waals surface area contributed by atoms with Crippen LogP contribution in [0.1, 0.15) is 43.1 Å². The number of benzene rings is 1. The third-order valence-electron chi connectivity index (χ3n) is 4.77. The molecule has 0 unspecified atom stereocenters. The molecule has 0 saturated carbocycles. The third-order valence-corrected chi connectivity index (χ3v) is 4.77. The molecule has 2 atom stereocenters. The topological polar surface area (TPSA) is 126 Å².